The van der Waals surface area contributed by atoms with E-state index in [1.807, 2.05) is 13.8 Å². The summed E-state index contributed by atoms with van der Waals surface area (Å²) in [6.07, 6.45) is 3.88. The van der Waals surface area contributed by atoms with Gasteiger partial charge in [-0.05, 0) is 67.6 Å². The number of carboxylic acids is 1. The van der Waals surface area contributed by atoms with Gasteiger partial charge in [0, 0.05) is 5.41 Å². The van der Waals surface area contributed by atoms with E-state index in [0.717, 1.165) is 0 Å². The number of aromatic carboxylic acids is 1. The lowest BCUT2D eigenvalue weighted by Crippen LogP contribution is -2.58. The zero-order valence-corrected chi connectivity index (χ0v) is 29.3. The first-order chi connectivity index (χ1) is 21.4. The van der Waals surface area contributed by atoms with Gasteiger partial charge < -0.3 is 19.1 Å². The molecular formula is C34H45NO9SSi. The first-order valence-corrected chi connectivity index (χ1v) is 20.0. The molecule has 0 aromatic heterocycles. The molecule has 2 N–H and O–H groups in total. The maximum absolute atomic E-state index is 14.2. The van der Waals surface area contributed by atoms with Crippen LogP contribution < -0.4 is 5.48 Å². The fraction of sp³-hybridized carbons (Fsp3) is 0.500. The highest BCUT2D eigenvalue weighted by Gasteiger charge is 2.64. The lowest BCUT2D eigenvalue weighted by Gasteiger charge is -2.46. The van der Waals surface area contributed by atoms with Crippen LogP contribution in [0.3, 0.4) is 0 Å². The summed E-state index contributed by atoms with van der Waals surface area (Å²) in [6, 6.07) is 13.8. The average Bonchev–Trinajstić information content (AvgIpc) is 3.36. The van der Waals surface area contributed by atoms with Gasteiger partial charge in [0.25, 0.3) is 5.91 Å². The number of ether oxygens (including phenoxy) is 1. The van der Waals surface area contributed by atoms with E-state index >= 15 is 0 Å². The van der Waals surface area contributed by atoms with E-state index < -0.39 is 64.3 Å². The number of nitrogens with one attached hydrogen (secondary N) is 1. The smallest absolute Gasteiger partial charge is 0.364 e. The van der Waals surface area contributed by atoms with Crippen molar-refractivity contribution in [1.82, 2.24) is 5.48 Å². The molecule has 250 valence electrons. The Kier molecular flexibility index (Phi) is 10.1. The second-order valence-electron chi connectivity index (χ2n) is 14.1. The molecule has 12 heteroatoms. The summed E-state index contributed by atoms with van der Waals surface area (Å²) in [4.78, 5) is 44.5. The van der Waals surface area contributed by atoms with Crippen molar-refractivity contribution < 1.29 is 41.9 Å². The number of benzene rings is 2. The van der Waals surface area contributed by atoms with Crippen LogP contribution in [0.2, 0.25) is 18.1 Å². The molecule has 0 saturated carbocycles. The largest absolute Gasteiger partial charge is 0.478 e. The van der Waals surface area contributed by atoms with Crippen LogP contribution >= 0.6 is 0 Å². The third-order valence-corrected chi connectivity index (χ3v) is 16.6. The number of rotatable bonds is 9. The lowest BCUT2D eigenvalue weighted by molar-refractivity contribution is -0.198. The van der Waals surface area contributed by atoms with E-state index in [1.165, 1.54) is 24.3 Å². The Morgan fingerprint density at radius 1 is 1.04 bits per heavy atom. The highest BCUT2D eigenvalue weighted by Crippen LogP contribution is 2.54. The highest BCUT2D eigenvalue weighted by molar-refractivity contribution is 7.92. The van der Waals surface area contributed by atoms with Crippen LogP contribution in [0.15, 0.2) is 71.6 Å². The minimum atomic E-state index is -3.67. The van der Waals surface area contributed by atoms with E-state index in [9.17, 15) is 27.9 Å². The second kappa shape index (κ2) is 13.1. The molecule has 0 bridgehead atoms. The number of sulfone groups is 1. The molecule has 1 aliphatic carbocycles. The van der Waals surface area contributed by atoms with Crippen LogP contribution in [-0.2, 0) is 28.6 Å². The number of hydrogen-bond donors (Lipinski definition) is 2. The monoisotopic (exact) mass is 671 g/mol. The Labute approximate surface area is 272 Å². The van der Waals surface area contributed by atoms with Crippen molar-refractivity contribution in [2.75, 3.05) is 6.61 Å². The number of hydrogen-bond acceptors (Lipinski definition) is 8. The molecule has 2 aromatic rings. The van der Waals surface area contributed by atoms with Crippen molar-refractivity contribution in [3.63, 3.8) is 0 Å². The third-order valence-electron chi connectivity index (χ3n) is 9.99. The van der Waals surface area contributed by atoms with Crippen LogP contribution in [0.5, 0.6) is 0 Å². The SMILES string of the molecule is C[C@@H]1C[C@@H](CO[Si](C)(C)C(C)(C)C)O[C@@]1(C(=O)ONC(=O)c1ccccc1C(=O)O)[C@]1(C)C=C[C@H](S(=O)(=O)c2ccccc2)CC1. The minimum absolute atomic E-state index is 0.0406. The highest BCUT2D eigenvalue weighted by atomic mass is 32.2. The van der Waals surface area contributed by atoms with Crippen molar-refractivity contribution in [3.05, 3.63) is 77.9 Å². The molecule has 46 heavy (non-hydrogen) atoms. The fourth-order valence-corrected chi connectivity index (χ4v) is 8.81. The summed E-state index contributed by atoms with van der Waals surface area (Å²) >= 11 is 0. The van der Waals surface area contributed by atoms with Gasteiger partial charge in [-0.2, -0.15) is 5.48 Å². The van der Waals surface area contributed by atoms with Gasteiger partial charge in [-0.15, -0.1) is 0 Å². The summed E-state index contributed by atoms with van der Waals surface area (Å²) in [7, 11) is -5.82. The van der Waals surface area contributed by atoms with Gasteiger partial charge in [-0.3, -0.25) is 4.79 Å². The van der Waals surface area contributed by atoms with Crippen molar-refractivity contribution in [1.29, 1.82) is 0 Å². The zero-order chi connectivity index (χ0) is 34.1. The van der Waals surface area contributed by atoms with Crippen molar-refractivity contribution in [2.24, 2.45) is 11.3 Å². The molecule has 10 nitrogen and oxygen atoms in total. The first-order valence-electron chi connectivity index (χ1n) is 15.5. The summed E-state index contributed by atoms with van der Waals surface area (Å²) in [5.74, 6) is -3.46. The summed E-state index contributed by atoms with van der Waals surface area (Å²) in [5, 5.41) is 8.68. The maximum atomic E-state index is 14.2. The second-order valence-corrected chi connectivity index (χ2v) is 21.0. The molecule has 2 aromatic carbocycles. The Morgan fingerprint density at radius 2 is 1.65 bits per heavy atom. The van der Waals surface area contributed by atoms with Crippen LogP contribution in [-0.4, -0.2) is 63.2 Å². The fourth-order valence-electron chi connectivity index (χ4n) is 6.17. The molecule has 0 spiro atoms. The topological polar surface area (TPSA) is 145 Å². The molecule has 2 aliphatic rings. The van der Waals surface area contributed by atoms with Crippen LogP contribution in [0.4, 0.5) is 0 Å². The Balaban J connectivity index is 1.64. The summed E-state index contributed by atoms with van der Waals surface area (Å²) < 4.78 is 40.0. The van der Waals surface area contributed by atoms with Gasteiger partial charge in [0.2, 0.25) is 0 Å². The van der Waals surface area contributed by atoms with Gasteiger partial charge >= 0.3 is 11.9 Å². The van der Waals surface area contributed by atoms with Crippen LogP contribution in [0.25, 0.3) is 0 Å². The molecule has 1 aliphatic heterocycles. The predicted molar refractivity (Wildman–Crippen MR) is 175 cm³/mol. The molecule has 0 radical (unpaired) electrons. The van der Waals surface area contributed by atoms with Gasteiger partial charge in [-0.25, -0.2) is 18.0 Å². The minimum Gasteiger partial charge on any atom is -0.478 e. The number of carbonyl (C=O) groups is 3. The van der Waals surface area contributed by atoms with E-state index in [0.29, 0.717) is 6.42 Å². The Morgan fingerprint density at radius 3 is 2.22 bits per heavy atom. The van der Waals surface area contributed by atoms with Gasteiger partial charge in [0.15, 0.2) is 23.8 Å². The van der Waals surface area contributed by atoms with E-state index in [4.69, 9.17) is 14.0 Å². The quantitative estimate of drug-likeness (QED) is 0.187. The van der Waals surface area contributed by atoms with Gasteiger partial charge in [0.1, 0.15) is 0 Å². The van der Waals surface area contributed by atoms with Crippen molar-refractivity contribution in [2.45, 2.75) is 93.9 Å². The molecule has 0 unspecified atom stereocenters. The van der Waals surface area contributed by atoms with E-state index in [1.54, 1.807) is 42.5 Å². The number of carbonyl (C=O) groups excluding carboxylic acids is 2. The molecule has 4 rings (SSSR count). The van der Waals surface area contributed by atoms with Crippen molar-refractivity contribution in [3.8, 4) is 0 Å². The van der Waals surface area contributed by atoms with Crippen molar-refractivity contribution >= 4 is 36.0 Å². The summed E-state index contributed by atoms with van der Waals surface area (Å²) in [6.45, 7) is 14.7. The lowest BCUT2D eigenvalue weighted by atomic mass is 9.63. The maximum Gasteiger partial charge on any atom is 0.364 e. The molecule has 1 fully saturated rings. The normalized spacial score (nSPS) is 26.8. The molecule has 1 heterocycles. The Hall–Kier alpha value is -3.32. The van der Waals surface area contributed by atoms with Crippen LogP contribution in [0.1, 0.15) is 74.6 Å². The molecule has 5 atom stereocenters. The van der Waals surface area contributed by atoms with E-state index in [2.05, 4.69) is 39.3 Å². The average molecular weight is 672 g/mol. The molecule has 1 saturated heterocycles. The number of carboxylic acid groups (broad SMARTS) is 1. The van der Waals surface area contributed by atoms with Crippen LogP contribution in [0, 0.1) is 11.3 Å². The first kappa shape index (κ1) is 35.5. The number of amides is 1. The number of hydroxylamine groups is 1. The van der Waals surface area contributed by atoms with E-state index in [-0.39, 0.29) is 40.5 Å². The predicted octanol–water partition coefficient (Wildman–Crippen LogP) is 5.96. The zero-order valence-electron chi connectivity index (χ0n) is 27.5. The molecule has 1 amide bonds. The Bertz CT molecular complexity index is 1600. The standard InChI is InChI=1S/C34H45NO9SSi/c1-23-21-24(22-42-46(6,7)32(2,3)4)43-34(23,31(39)44-35-29(36)27-15-11-12-16-28(27)30(37)38)33(5)19-17-26(18-20-33)45(40,41)25-13-9-8-10-14-25/h8-17,19,23-24,26H,18,20-22H2,1-7H3,(H,35,36)(H,37,38)/t23-,24+,26+,33-,34+/m1/s1. The summed E-state index contributed by atoms with van der Waals surface area (Å²) in [5.41, 5.74) is -0.890. The molecular weight excluding hydrogens is 627 g/mol. The van der Waals surface area contributed by atoms with Gasteiger partial charge in [-0.1, -0.05) is 77.1 Å². The van der Waals surface area contributed by atoms with Gasteiger partial charge in [0.05, 0.1) is 34.0 Å². The third kappa shape index (κ3) is 6.71.